The Hall–Kier alpha value is -12.2. The normalized spacial score (nSPS) is 11.4. The number of rotatable bonds is 0. The third kappa shape index (κ3) is 10.5. The maximum atomic E-state index is 4.75. The van der Waals surface area contributed by atoms with Gasteiger partial charge in [0.1, 0.15) is 5.82 Å². The lowest BCUT2D eigenvalue weighted by atomic mass is 9.95. The highest BCUT2D eigenvalue weighted by Gasteiger charge is 2.14. The van der Waals surface area contributed by atoms with E-state index in [-0.39, 0.29) is 0 Å². The van der Waals surface area contributed by atoms with Gasteiger partial charge in [-0.1, -0.05) is 255 Å². The summed E-state index contributed by atoms with van der Waals surface area (Å²) < 4.78 is 0. The van der Waals surface area contributed by atoms with Crippen LogP contribution < -0.4 is 0 Å². The molecule has 0 aliphatic rings. The molecule has 5 aromatic heterocycles. The first-order valence-electron chi connectivity index (χ1n) is 32.3. The quantitative estimate of drug-likeness (QED) is 0.140. The van der Waals surface area contributed by atoms with Crippen molar-refractivity contribution in [2.75, 3.05) is 0 Å². The fraction of sp³-hybridized carbons (Fsp3) is 0.0568. The van der Waals surface area contributed by atoms with Gasteiger partial charge < -0.3 is 0 Å². The molecule has 0 bridgehead atoms. The summed E-state index contributed by atoms with van der Waals surface area (Å²) in [6.45, 7) is 10.1. The molecule has 7 nitrogen and oxygen atoms in total. The van der Waals surface area contributed by atoms with E-state index >= 15 is 0 Å². The van der Waals surface area contributed by atoms with E-state index in [1.54, 1.807) is 0 Å². The zero-order valence-electron chi connectivity index (χ0n) is 53.3. The number of fused-ring (bicyclic) bond motifs is 30. The van der Waals surface area contributed by atoms with Gasteiger partial charge in [0.15, 0.2) is 0 Å². The number of hydrogen-bond acceptors (Lipinski definition) is 7. The summed E-state index contributed by atoms with van der Waals surface area (Å²) in [7, 11) is 0. The summed E-state index contributed by atoms with van der Waals surface area (Å²) >= 11 is 0. The predicted octanol–water partition coefficient (Wildman–Crippen LogP) is 23.0. The average molecular weight is 1220 g/mol. The molecule has 7 heteroatoms. The number of aromatic nitrogens is 7. The molecule has 0 saturated carbocycles. The minimum absolute atomic E-state index is 0.813. The molecule has 0 aliphatic heterocycles. The fourth-order valence-corrected chi connectivity index (χ4v) is 14.1. The second-order valence-electron chi connectivity index (χ2n) is 24.4. The molecule has 20 rings (SSSR count). The average Bonchev–Trinajstić information content (AvgIpc) is 0.792. The van der Waals surface area contributed by atoms with E-state index in [4.69, 9.17) is 15.0 Å². The molecule has 450 valence electrons. The lowest BCUT2D eigenvalue weighted by Gasteiger charge is -2.10. The van der Waals surface area contributed by atoms with Crippen LogP contribution in [0.5, 0.6) is 0 Å². The monoisotopic (exact) mass is 1220 g/mol. The highest BCUT2D eigenvalue weighted by atomic mass is 14.9. The van der Waals surface area contributed by atoms with Crippen LogP contribution in [0.1, 0.15) is 28.6 Å². The van der Waals surface area contributed by atoms with Crippen LogP contribution in [0.25, 0.3) is 162 Å². The highest BCUT2D eigenvalue weighted by Crippen LogP contribution is 2.39. The number of benzene rings is 15. The molecule has 0 unspecified atom stereocenters. The molecule has 20 aromatic rings. The smallest absolute Gasteiger partial charge is 0.125 e. The molecule has 0 aliphatic carbocycles. The molecule has 15 aromatic carbocycles. The van der Waals surface area contributed by atoms with Crippen LogP contribution >= 0.6 is 0 Å². The first-order valence-corrected chi connectivity index (χ1v) is 32.3. The third-order valence-corrected chi connectivity index (χ3v) is 18.4. The van der Waals surface area contributed by atoms with Gasteiger partial charge in [-0.15, -0.1) is 0 Å². The fourth-order valence-electron chi connectivity index (χ4n) is 14.1. The topological polar surface area (TPSA) is 90.2 Å². The van der Waals surface area contributed by atoms with E-state index in [0.717, 1.165) is 61.6 Å². The Kier molecular flexibility index (Phi) is 14.9. The number of hydrogen-bond donors (Lipinski definition) is 0. The van der Waals surface area contributed by atoms with E-state index in [0.29, 0.717) is 0 Å². The van der Waals surface area contributed by atoms with Crippen molar-refractivity contribution in [3.63, 3.8) is 0 Å². The molecular weight excluding hydrogens is 1160 g/mol. The van der Waals surface area contributed by atoms with Gasteiger partial charge >= 0.3 is 0 Å². The van der Waals surface area contributed by atoms with Crippen molar-refractivity contribution in [3.05, 3.63) is 320 Å². The van der Waals surface area contributed by atoms with Crippen molar-refractivity contribution in [1.82, 2.24) is 34.9 Å². The van der Waals surface area contributed by atoms with E-state index in [9.17, 15) is 0 Å². The van der Waals surface area contributed by atoms with Crippen LogP contribution in [0.2, 0.25) is 0 Å². The largest absolute Gasteiger partial charge is 0.261 e. The Morgan fingerprint density at radius 3 is 0.779 bits per heavy atom. The molecule has 0 N–H and O–H groups in total. The molecule has 0 saturated heterocycles. The summed E-state index contributed by atoms with van der Waals surface area (Å²) in [5.74, 6) is 0.813. The molecule has 0 fully saturated rings. The van der Waals surface area contributed by atoms with Crippen molar-refractivity contribution in [2.24, 2.45) is 0 Å². The van der Waals surface area contributed by atoms with Crippen molar-refractivity contribution in [3.8, 4) is 0 Å². The van der Waals surface area contributed by atoms with Gasteiger partial charge in [0, 0.05) is 84.1 Å². The van der Waals surface area contributed by atoms with Crippen molar-refractivity contribution in [1.29, 1.82) is 0 Å². The van der Waals surface area contributed by atoms with Gasteiger partial charge in [-0.2, -0.15) is 0 Å². The summed E-state index contributed by atoms with van der Waals surface area (Å²) in [5, 5.41) is 31.3. The molecule has 95 heavy (non-hydrogen) atoms. The van der Waals surface area contributed by atoms with Crippen LogP contribution in [0, 0.1) is 34.6 Å². The maximum absolute atomic E-state index is 4.75. The van der Waals surface area contributed by atoms with Crippen LogP contribution in [-0.2, 0) is 0 Å². The van der Waals surface area contributed by atoms with Gasteiger partial charge in [-0.3, -0.25) is 19.9 Å². The zero-order valence-corrected chi connectivity index (χ0v) is 53.3. The number of nitrogens with zero attached hydrogens (tertiary/aromatic N) is 7. The Morgan fingerprint density at radius 1 is 0.158 bits per heavy atom. The van der Waals surface area contributed by atoms with Crippen molar-refractivity contribution < 1.29 is 0 Å². The van der Waals surface area contributed by atoms with Crippen LogP contribution in [0.15, 0.2) is 292 Å². The third-order valence-electron chi connectivity index (χ3n) is 18.4. The van der Waals surface area contributed by atoms with E-state index < -0.39 is 0 Å². The molecular formula is C88H63N7. The van der Waals surface area contributed by atoms with E-state index in [1.807, 2.05) is 53.2 Å². The predicted molar refractivity (Wildman–Crippen MR) is 403 cm³/mol. The zero-order chi connectivity index (χ0) is 64.1. The Labute approximate surface area is 548 Å². The molecule has 0 spiro atoms. The molecule has 0 amide bonds. The standard InChI is InChI=1S/3C18H13N.2C17H12N2/c1-12-10-17-15-8-4-2-6-13(15)14-7-3-5-9-16(14)18(17)11-19-12;2*1-12-10-11-17-15-8-3-2-6-13(15)14-7-4-5-9-16(14)18(17)19-12;1-11-10-18-16-14-8-4-2-6-12(14)13-7-3-5-9-15(13)17(16)19-11;1-11-18-10-16-14-8-3-2-6-12(14)13-7-4-5-9-15(13)17(16)19-11/h3*2-11H,1H3;2*2-10H,1H3. The Balaban J connectivity index is 0.0000000937. The molecule has 0 atom stereocenters. The second kappa shape index (κ2) is 24.5. The molecule has 0 radical (unpaired) electrons. The summed E-state index contributed by atoms with van der Waals surface area (Å²) in [6.07, 6.45) is 5.77. The van der Waals surface area contributed by atoms with Crippen molar-refractivity contribution in [2.45, 2.75) is 34.6 Å². The van der Waals surface area contributed by atoms with Crippen molar-refractivity contribution >= 4 is 162 Å². The molecule has 5 heterocycles. The van der Waals surface area contributed by atoms with Gasteiger partial charge in [0.2, 0.25) is 0 Å². The van der Waals surface area contributed by atoms with Crippen LogP contribution in [0.4, 0.5) is 0 Å². The first-order chi connectivity index (χ1) is 46.7. The first kappa shape index (κ1) is 57.9. The number of pyridine rings is 3. The lowest BCUT2D eigenvalue weighted by molar-refractivity contribution is 1.10. The summed E-state index contributed by atoms with van der Waals surface area (Å²) in [5.41, 5.74) is 9.38. The lowest BCUT2D eigenvalue weighted by Crippen LogP contribution is -1.90. The van der Waals surface area contributed by atoms with Gasteiger partial charge in [-0.05, 0) is 139 Å². The van der Waals surface area contributed by atoms with Gasteiger partial charge in [0.05, 0.1) is 33.3 Å². The SMILES string of the molecule is Cc1cc2c3ccccc3c3ccccc3c2cn1.Cc1ccc2c3ccccc3c3ccccc3c2n1.Cc1ccc2c3ccccc3c3ccccc3c2n1.Cc1cnc2c3ccccc3c3ccccc3c2n1.Cc1ncc2c3ccccc3c3ccccc3c2n1. The second-order valence-corrected chi connectivity index (χ2v) is 24.4. The Morgan fingerprint density at radius 2 is 0.411 bits per heavy atom. The minimum atomic E-state index is 0.813. The van der Waals surface area contributed by atoms with Gasteiger partial charge in [0.25, 0.3) is 0 Å². The van der Waals surface area contributed by atoms with E-state index in [2.05, 4.69) is 293 Å². The Bertz CT molecular complexity index is 5350. The minimum Gasteiger partial charge on any atom is -0.261 e. The van der Waals surface area contributed by atoms with Crippen LogP contribution in [0.3, 0.4) is 0 Å². The maximum Gasteiger partial charge on any atom is 0.125 e. The van der Waals surface area contributed by atoms with Crippen LogP contribution in [-0.4, -0.2) is 34.9 Å². The van der Waals surface area contributed by atoms with E-state index in [1.165, 1.54) is 129 Å². The summed E-state index contributed by atoms with van der Waals surface area (Å²) in [4.78, 5) is 32.3. The van der Waals surface area contributed by atoms with Gasteiger partial charge in [-0.25, -0.2) is 15.0 Å². The highest BCUT2D eigenvalue weighted by molar-refractivity contribution is 6.28. The summed E-state index contributed by atoms with van der Waals surface area (Å²) in [6, 6.07) is 95.8. The number of aryl methyl sites for hydroxylation is 5.